The maximum absolute atomic E-state index is 12.8. The Bertz CT molecular complexity index is 937. The molecule has 0 aliphatic carbocycles. The summed E-state index contributed by atoms with van der Waals surface area (Å²) in [6, 6.07) is 15.0. The third-order valence-electron chi connectivity index (χ3n) is 4.13. The molecule has 5 heteroatoms. The first-order valence-electron chi connectivity index (χ1n) is 7.92. The van der Waals surface area contributed by atoms with E-state index < -0.39 is 5.97 Å². The van der Waals surface area contributed by atoms with Crippen LogP contribution in [0, 0.1) is 6.92 Å². The van der Waals surface area contributed by atoms with Gasteiger partial charge in [-0.3, -0.25) is 4.79 Å². The van der Waals surface area contributed by atoms with Crippen molar-refractivity contribution in [2.24, 2.45) is 0 Å². The summed E-state index contributed by atoms with van der Waals surface area (Å²) in [5.41, 5.74) is 1.01. The van der Waals surface area contributed by atoms with Gasteiger partial charge in [-0.15, -0.1) is 0 Å². The van der Waals surface area contributed by atoms with Crippen LogP contribution in [0.15, 0.2) is 52.9 Å². The Morgan fingerprint density at radius 3 is 2.56 bits per heavy atom. The zero-order valence-electron chi connectivity index (χ0n) is 14.4. The van der Waals surface area contributed by atoms with Gasteiger partial charge in [-0.1, -0.05) is 36.4 Å². The lowest BCUT2D eigenvalue weighted by molar-refractivity contribution is 0.0598. The van der Waals surface area contributed by atoms with Crippen LogP contribution >= 0.6 is 0 Å². The van der Waals surface area contributed by atoms with Gasteiger partial charge in [-0.05, 0) is 29.8 Å². The highest BCUT2D eigenvalue weighted by Crippen LogP contribution is 2.22. The van der Waals surface area contributed by atoms with Crippen LogP contribution in [0.3, 0.4) is 0 Å². The van der Waals surface area contributed by atoms with Crippen molar-refractivity contribution in [2.45, 2.75) is 13.5 Å². The normalized spacial score (nSPS) is 10.7. The highest BCUT2D eigenvalue weighted by molar-refractivity contribution is 6.06. The number of aryl methyl sites for hydroxylation is 1. The summed E-state index contributed by atoms with van der Waals surface area (Å²) in [5.74, 6) is 0.461. The van der Waals surface area contributed by atoms with Crippen molar-refractivity contribution in [2.75, 3.05) is 14.2 Å². The topological polar surface area (TPSA) is 59.8 Å². The number of fused-ring (bicyclic) bond motifs is 1. The van der Waals surface area contributed by atoms with Crippen LogP contribution in [0.2, 0.25) is 0 Å². The van der Waals surface area contributed by atoms with E-state index in [1.807, 2.05) is 42.5 Å². The van der Waals surface area contributed by atoms with E-state index in [1.54, 1.807) is 24.9 Å². The number of carbonyl (C=O) groups is 2. The number of hydrogen-bond donors (Lipinski definition) is 0. The van der Waals surface area contributed by atoms with Crippen LogP contribution in [-0.4, -0.2) is 30.9 Å². The second kappa shape index (κ2) is 6.81. The summed E-state index contributed by atoms with van der Waals surface area (Å²) in [5, 5.41) is 1.93. The quantitative estimate of drug-likeness (QED) is 0.680. The summed E-state index contributed by atoms with van der Waals surface area (Å²) in [7, 11) is 3.03. The minimum absolute atomic E-state index is 0.106. The molecule has 0 fully saturated rings. The van der Waals surface area contributed by atoms with Crippen LogP contribution in [0.1, 0.15) is 32.2 Å². The fourth-order valence-electron chi connectivity index (χ4n) is 2.86. The van der Waals surface area contributed by atoms with E-state index in [1.165, 1.54) is 7.11 Å². The molecule has 0 saturated carbocycles. The molecule has 5 nitrogen and oxygen atoms in total. The van der Waals surface area contributed by atoms with Gasteiger partial charge in [0.05, 0.1) is 13.7 Å². The highest BCUT2D eigenvalue weighted by Gasteiger charge is 2.19. The third kappa shape index (κ3) is 3.26. The van der Waals surface area contributed by atoms with E-state index in [2.05, 4.69) is 0 Å². The number of carbonyl (C=O) groups excluding carboxylic acids is 2. The van der Waals surface area contributed by atoms with E-state index in [9.17, 15) is 9.59 Å². The van der Waals surface area contributed by atoms with E-state index in [-0.39, 0.29) is 12.5 Å². The first-order valence-corrected chi connectivity index (χ1v) is 7.92. The van der Waals surface area contributed by atoms with Crippen LogP contribution in [0.5, 0.6) is 0 Å². The number of methoxy groups -OCH3 is 1. The van der Waals surface area contributed by atoms with Gasteiger partial charge in [0.1, 0.15) is 17.1 Å². The first kappa shape index (κ1) is 16.8. The molecular formula is C20H19NO4. The van der Waals surface area contributed by atoms with Gasteiger partial charge in [-0.25, -0.2) is 4.79 Å². The van der Waals surface area contributed by atoms with E-state index in [4.69, 9.17) is 9.15 Å². The fraction of sp³-hybridized carbons (Fsp3) is 0.200. The molecule has 1 heterocycles. The first-order chi connectivity index (χ1) is 12.0. The van der Waals surface area contributed by atoms with Gasteiger partial charge in [0, 0.05) is 12.6 Å². The van der Waals surface area contributed by atoms with Crippen molar-refractivity contribution >= 4 is 22.6 Å². The second-order valence-electron chi connectivity index (χ2n) is 5.86. The summed E-state index contributed by atoms with van der Waals surface area (Å²) in [6.45, 7) is 1.96. The van der Waals surface area contributed by atoms with Gasteiger partial charge in [-0.2, -0.15) is 0 Å². The summed E-state index contributed by atoms with van der Waals surface area (Å²) in [4.78, 5) is 26.1. The fourth-order valence-corrected chi connectivity index (χ4v) is 2.86. The number of ether oxygens (including phenoxy) is 1. The third-order valence-corrected chi connectivity index (χ3v) is 4.13. The molecule has 2 aromatic carbocycles. The van der Waals surface area contributed by atoms with Crippen LogP contribution in [0.25, 0.3) is 10.8 Å². The predicted molar refractivity (Wildman–Crippen MR) is 94.5 cm³/mol. The molecule has 0 spiro atoms. The molecule has 25 heavy (non-hydrogen) atoms. The van der Waals surface area contributed by atoms with Crippen molar-refractivity contribution in [3.8, 4) is 0 Å². The Labute approximate surface area is 145 Å². The monoisotopic (exact) mass is 337 g/mol. The lowest BCUT2D eigenvalue weighted by atomic mass is 10.0. The number of rotatable bonds is 4. The Morgan fingerprint density at radius 1 is 1.08 bits per heavy atom. The highest BCUT2D eigenvalue weighted by atomic mass is 16.5. The van der Waals surface area contributed by atoms with E-state index in [0.717, 1.165) is 10.8 Å². The molecule has 3 rings (SSSR count). The molecule has 3 aromatic rings. The average molecular weight is 337 g/mol. The molecule has 1 aromatic heterocycles. The molecule has 0 aliphatic rings. The molecule has 0 unspecified atom stereocenters. The standard InChI is InChI=1S/C20H19NO4/c1-13-18(20(23)24-3)11-15(25-13)12-21(2)19(22)17-10-6-8-14-7-4-5-9-16(14)17/h4-11H,12H2,1-3H3. The minimum atomic E-state index is -0.449. The maximum atomic E-state index is 12.8. The van der Waals surface area contributed by atoms with Crippen molar-refractivity contribution in [1.29, 1.82) is 0 Å². The Morgan fingerprint density at radius 2 is 1.80 bits per heavy atom. The van der Waals surface area contributed by atoms with Crippen molar-refractivity contribution < 1.29 is 18.7 Å². The Balaban J connectivity index is 1.85. The number of esters is 1. The van der Waals surface area contributed by atoms with Gasteiger partial charge in [0.2, 0.25) is 0 Å². The molecular weight excluding hydrogens is 318 g/mol. The smallest absolute Gasteiger partial charge is 0.341 e. The number of amides is 1. The van der Waals surface area contributed by atoms with Crippen molar-refractivity contribution in [1.82, 2.24) is 4.90 Å². The van der Waals surface area contributed by atoms with Crippen LogP contribution < -0.4 is 0 Å². The lowest BCUT2D eigenvalue weighted by Gasteiger charge is -2.17. The summed E-state index contributed by atoms with van der Waals surface area (Å²) < 4.78 is 10.3. The zero-order chi connectivity index (χ0) is 18.0. The maximum Gasteiger partial charge on any atom is 0.341 e. The van der Waals surface area contributed by atoms with Gasteiger partial charge >= 0.3 is 5.97 Å². The van der Waals surface area contributed by atoms with Crippen LogP contribution in [-0.2, 0) is 11.3 Å². The molecule has 0 bridgehead atoms. The van der Waals surface area contributed by atoms with E-state index >= 15 is 0 Å². The molecule has 128 valence electrons. The van der Waals surface area contributed by atoms with Gasteiger partial charge < -0.3 is 14.1 Å². The predicted octanol–water partition coefficient (Wildman–Crippen LogP) is 3.80. The largest absolute Gasteiger partial charge is 0.465 e. The lowest BCUT2D eigenvalue weighted by Crippen LogP contribution is -2.26. The number of furan rings is 1. The molecule has 0 aliphatic heterocycles. The van der Waals surface area contributed by atoms with Crippen LogP contribution in [0.4, 0.5) is 0 Å². The summed E-state index contributed by atoms with van der Waals surface area (Å²) in [6.07, 6.45) is 0. The zero-order valence-corrected chi connectivity index (χ0v) is 14.4. The number of hydrogen-bond acceptors (Lipinski definition) is 4. The molecule has 0 saturated heterocycles. The van der Waals surface area contributed by atoms with Gasteiger partial charge in [0.25, 0.3) is 5.91 Å². The molecule has 0 N–H and O–H groups in total. The van der Waals surface area contributed by atoms with Crippen molar-refractivity contribution in [3.63, 3.8) is 0 Å². The minimum Gasteiger partial charge on any atom is -0.465 e. The Kier molecular flexibility index (Phi) is 4.57. The second-order valence-corrected chi connectivity index (χ2v) is 5.86. The average Bonchev–Trinajstić information content (AvgIpc) is 3.00. The molecule has 0 atom stereocenters. The SMILES string of the molecule is COC(=O)c1cc(CN(C)C(=O)c2cccc3ccccc23)oc1C. The van der Waals surface area contributed by atoms with E-state index in [0.29, 0.717) is 22.6 Å². The number of nitrogens with zero attached hydrogens (tertiary/aromatic N) is 1. The Hall–Kier alpha value is -3.08. The summed E-state index contributed by atoms with van der Waals surface area (Å²) >= 11 is 0. The van der Waals surface area contributed by atoms with Crippen molar-refractivity contribution in [3.05, 3.63) is 71.2 Å². The molecule has 1 amide bonds. The number of benzene rings is 2. The molecule has 0 radical (unpaired) electrons. The van der Waals surface area contributed by atoms with Gasteiger partial charge in [0.15, 0.2) is 0 Å².